The summed E-state index contributed by atoms with van der Waals surface area (Å²) < 4.78 is 0. The number of aliphatic hydroxyl groups is 1. The van der Waals surface area contributed by atoms with Gasteiger partial charge in [0.25, 0.3) is 0 Å². The Hall–Kier alpha value is -0.870. The zero-order chi connectivity index (χ0) is 8.55. The number of carbonyl (C=O) groups excluding carboxylic acids is 1. The van der Waals surface area contributed by atoms with Gasteiger partial charge in [-0.05, 0) is 17.9 Å². The second-order valence-electron chi connectivity index (χ2n) is 2.80. The standard InChI is InChI=1S/C8H9NO2S/c10-6-1-2-7(11)9-5-3-4-12-8(5)6/h3-4,6,10H,1-2H2,(H,9,11)/t6-/m0/s1. The van der Waals surface area contributed by atoms with Crippen molar-refractivity contribution in [3.63, 3.8) is 0 Å². The van der Waals surface area contributed by atoms with Gasteiger partial charge >= 0.3 is 0 Å². The van der Waals surface area contributed by atoms with Crippen LogP contribution in [0, 0.1) is 0 Å². The molecular weight excluding hydrogens is 174 g/mol. The molecule has 1 aromatic heterocycles. The maximum Gasteiger partial charge on any atom is 0.224 e. The van der Waals surface area contributed by atoms with Gasteiger partial charge in [-0.15, -0.1) is 11.3 Å². The summed E-state index contributed by atoms with van der Waals surface area (Å²) in [5, 5.41) is 14.2. The first-order chi connectivity index (χ1) is 5.77. The predicted octanol–water partition coefficient (Wildman–Crippen LogP) is 1.51. The summed E-state index contributed by atoms with van der Waals surface area (Å²) >= 11 is 1.48. The minimum absolute atomic E-state index is 0.00815. The molecule has 12 heavy (non-hydrogen) atoms. The number of thiophene rings is 1. The van der Waals surface area contributed by atoms with E-state index in [1.54, 1.807) is 0 Å². The van der Waals surface area contributed by atoms with Crippen LogP contribution >= 0.6 is 11.3 Å². The molecule has 0 saturated heterocycles. The van der Waals surface area contributed by atoms with E-state index in [1.165, 1.54) is 11.3 Å². The van der Waals surface area contributed by atoms with Crippen LogP contribution in [-0.4, -0.2) is 11.0 Å². The van der Waals surface area contributed by atoms with E-state index in [0.717, 1.165) is 10.6 Å². The number of hydrogen-bond acceptors (Lipinski definition) is 3. The lowest BCUT2D eigenvalue weighted by atomic mass is 10.2. The van der Waals surface area contributed by atoms with Crippen LogP contribution in [0.1, 0.15) is 23.8 Å². The smallest absolute Gasteiger partial charge is 0.224 e. The Labute approximate surface area is 74.0 Å². The first kappa shape index (κ1) is 7.76. The molecule has 1 atom stereocenters. The molecule has 0 aromatic carbocycles. The highest BCUT2D eigenvalue weighted by molar-refractivity contribution is 7.10. The van der Waals surface area contributed by atoms with Crippen LogP contribution in [-0.2, 0) is 4.79 Å². The zero-order valence-electron chi connectivity index (χ0n) is 6.41. The molecular formula is C8H9NO2S. The van der Waals surface area contributed by atoms with Crippen LogP contribution in [0.15, 0.2) is 11.4 Å². The third-order valence-corrected chi connectivity index (χ3v) is 2.93. The van der Waals surface area contributed by atoms with E-state index in [2.05, 4.69) is 5.32 Å². The Bertz CT molecular complexity index is 308. The molecule has 0 spiro atoms. The van der Waals surface area contributed by atoms with Crippen molar-refractivity contribution in [3.8, 4) is 0 Å². The summed E-state index contributed by atoms with van der Waals surface area (Å²) in [5.41, 5.74) is 0.773. The van der Waals surface area contributed by atoms with E-state index in [9.17, 15) is 9.90 Å². The molecule has 2 N–H and O–H groups in total. The molecule has 1 amide bonds. The first-order valence-electron chi connectivity index (χ1n) is 3.82. The molecule has 1 aliphatic rings. The van der Waals surface area contributed by atoms with Crippen molar-refractivity contribution in [3.05, 3.63) is 16.3 Å². The average Bonchev–Trinajstić information content (AvgIpc) is 2.44. The van der Waals surface area contributed by atoms with Crippen LogP contribution in [0.5, 0.6) is 0 Å². The third kappa shape index (κ3) is 1.23. The highest BCUT2D eigenvalue weighted by atomic mass is 32.1. The molecule has 0 unspecified atom stereocenters. The van der Waals surface area contributed by atoms with Crippen molar-refractivity contribution in [2.24, 2.45) is 0 Å². The van der Waals surface area contributed by atoms with Gasteiger partial charge in [0, 0.05) is 6.42 Å². The number of amides is 1. The average molecular weight is 183 g/mol. The second-order valence-corrected chi connectivity index (χ2v) is 3.75. The molecule has 64 valence electrons. The van der Waals surface area contributed by atoms with Crippen molar-refractivity contribution < 1.29 is 9.90 Å². The molecule has 2 heterocycles. The number of hydrogen-bond donors (Lipinski definition) is 2. The van der Waals surface area contributed by atoms with Crippen molar-refractivity contribution in [2.75, 3.05) is 5.32 Å². The summed E-state index contributed by atoms with van der Waals surface area (Å²) in [6.07, 6.45) is 0.459. The van der Waals surface area contributed by atoms with Crippen LogP contribution < -0.4 is 5.32 Å². The molecule has 0 bridgehead atoms. The monoisotopic (exact) mass is 183 g/mol. The summed E-state index contributed by atoms with van der Waals surface area (Å²) in [6, 6.07) is 1.83. The van der Waals surface area contributed by atoms with Gasteiger partial charge in [-0.2, -0.15) is 0 Å². The Kier molecular flexibility index (Phi) is 1.86. The third-order valence-electron chi connectivity index (χ3n) is 1.92. The fourth-order valence-corrected chi connectivity index (χ4v) is 2.17. The normalized spacial score (nSPS) is 22.8. The minimum Gasteiger partial charge on any atom is -0.387 e. The Balaban J connectivity index is 2.38. The summed E-state index contributed by atoms with van der Waals surface area (Å²) in [7, 11) is 0. The fraction of sp³-hybridized carbons (Fsp3) is 0.375. The highest BCUT2D eigenvalue weighted by Gasteiger charge is 2.20. The number of carbonyl (C=O) groups is 1. The predicted molar refractivity (Wildman–Crippen MR) is 47.1 cm³/mol. The van der Waals surface area contributed by atoms with E-state index >= 15 is 0 Å². The number of fused-ring (bicyclic) bond motifs is 1. The Morgan fingerprint density at radius 3 is 3.33 bits per heavy atom. The summed E-state index contributed by atoms with van der Waals surface area (Å²) in [6.45, 7) is 0. The lowest BCUT2D eigenvalue weighted by Crippen LogP contribution is -2.08. The minimum atomic E-state index is -0.473. The molecule has 4 heteroatoms. The number of aliphatic hydroxyl groups excluding tert-OH is 1. The number of nitrogens with one attached hydrogen (secondary N) is 1. The molecule has 0 aliphatic carbocycles. The van der Waals surface area contributed by atoms with Crippen molar-refractivity contribution in [2.45, 2.75) is 18.9 Å². The largest absolute Gasteiger partial charge is 0.387 e. The van der Waals surface area contributed by atoms with Crippen molar-refractivity contribution in [1.82, 2.24) is 0 Å². The SMILES string of the molecule is O=C1CC[C@H](O)c2sccc2N1. The van der Waals surface area contributed by atoms with Crippen molar-refractivity contribution in [1.29, 1.82) is 0 Å². The van der Waals surface area contributed by atoms with E-state index in [1.807, 2.05) is 11.4 Å². The molecule has 0 radical (unpaired) electrons. The van der Waals surface area contributed by atoms with E-state index in [0.29, 0.717) is 12.8 Å². The maximum absolute atomic E-state index is 11.1. The molecule has 1 aromatic rings. The first-order valence-corrected chi connectivity index (χ1v) is 4.70. The Morgan fingerprint density at radius 1 is 1.67 bits per heavy atom. The van der Waals surface area contributed by atoms with E-state index in [4.69, 9.17) is 0 Å². The zero-order valence-corrected chi connectivity index (χ0v) is 7.23. The topological polar surface area (TPSA) is 49.3 Å². The van der Waals surface area contributed by atoms with Gasteiger partial charge in [-0.3, -0.25) is 4.79 Å². The second kappa shape index (κ2) is 2.88. The van der Waals surface area contributed by atoms with Gasteiger partial charge in [0.1, 0.15) is 0 Å². The van der Waals surface area contributed by atoms with Crippen LogP contribution in [0.3, 0.4) is 0 Å². The highest BCUT2D eigenvalue weighted by Crippen LogP contribution is 2.33. The lowest BCUT2D eigenvalue weighted by molar-refractivity contribution is -0.116. The summed E-state index contributed by atoms with van der Waals surface area (Å²) in [5.74, 6) is -0.00815. The van der Waals surface area contributed by atoms with Crippen LogP contribution in [0.4, 0.5) is 5.69 Å². The van der Waals surface area contributed by atoms with Crippen LogP contribution in [0.25, 0.3) is 0 Å². The number of anilines is 1. The van der Waals surface area contributed by atoms with Crippen molar-refractivity contribution >= 4 is 22.9 Å². The van der Waals surface area contributed by atoms with Crippen LogP contribution in [0.2, 0.25) is 0 Å². The summed E-state index contributed by atoms with van der Waals surface area (Å²) in [4.78, 5) is 11.9. The maximum atomic E-state index is 11.1. The van der Waals surface area contributed by atoms with Gasteiger partial charge in [0.05, 0.1) is 16.7 Å². The molecule has 1 aliphatic heterocycles. The van der Waals surface area contributed by atoms with Gasteiger partial charge in [0.15, 0.2) is 0 Å². The fourth-order valence-electron chi connectivity index (χ4n) is 1.29. The van der Waals surface area contributed by atoms with Gasteiger partial charge in [-0.1, -0.05) is 0 Å². The quantitative estimate of drug-likeness (QED) is 0.640. The van der Waals surface area contributed by atoms with Gasteiger partial charge < -0.3 is 10.4 Å². The molecule has 0 fully saturated rings. The van der Waals surface area contributed by atoms with Gasteiger partial charge in [0.2, 0.25) is 5.91 Å². The van der Waals surface area contributed by atoms with E-state index < -0.39 is 6.10 Å². The van der Waals surface area contributed by atoms with E-state index in [-0.39, 0.29) is 5.91 Å². The number of rotatable bonds is 0. The Morgan fingerprint density at radius 2 is 2.50 bits per heavy atom. The van der Waals surface area contributed by atoms with Gasteiger partial charge in [-0.25, -0.2) is 0 Å². The molecule has 0 saturated carbocycles. The molecule has 2 rings (SSSR count). The lowest BCUT2D eigenvalue weighted by Gasteiger charge is -2.03. The molecule has 3 nitrogen and oxygen atoms in total.